The van der Waals surface area contributed by atoms with Crippen LogP contribution in [-0.4, -0.2) is 128 Å². The van der Waals surface area contributed by atoms with Gasteiger partial charge in [0.1, 0.15) is 18.1 Å². The summed E-state index contributed by atoms with van der Waals surface area (Å²) in [5, 5.41) is 24.1. The van der Waals surface area contributed by atoms with Crippen molar-refractivity contribution in [3.63, 3.8) is 0 Å². The summed E-state index contributed by atoms with van der Waals surface area (Å²) < 4.78 is 0. The molecule has 214 valence electrons. The second-order valence-corrected chi connectivity index (χ2v) is 9.73. The van der Waals surface area contributed by atoms with Crippen molar-refractivity contribution in [2.24, 2.45) is 0 Å². The molecule has 2 fully saturated rings. The highest BCUT2D eigenvalue weighted by atomic mass is 16.4. The van der Waals surface area contributed by atoms with Gasteiger partial charge in [-0.2, -0.15) is 0 Å². The first-order valence-electron chi connectivity index (χ1n) is 12.8. The van der Waals surface area contributed by atoms with Gasteiger partial charge in [0.2, 0.25) is 23.6 Å². The van der Waals surface area contributed by atoms with Crippen LogP contribution in [0.2, 0.25) is 0 Å². The Kier molecular flexibility index (Phi) is 9.98. The summed E-state index contributed by atoms with van der Waals surface area (Å²) in [6.07, 6.45) is 4.24. The summed E-state index contributed by atoms with van der Waals surface area (Å²) in [7, 11) is 3.11. The fourth-order valence-corrected chi connectivity index (χ4v) is 5.03. The number of carbonyl (C=O) groups is 6. The SMILES string of the molecule is CN[C@@H](Cc1c[nH]cn1)C(=O)N(C)CC(=O)N1CCC[C@H]1C(=O)N[C@@H](CC(=O)O)C(=O)N1CCC[C@H]1C(=O)O. The third-order valence-electron chi connectivity index (χ3n) is 7.05. The van der Waals surface area contributed by atoms with Crippen molar-refractivity contribution in [2.75, 3.05) is 33.7 Å². The van der Waals surface area contributed by atoms with Crippen molar-refractivity contribution in [3.8, 4) is 0 Å². The molecule has 0 saturated carbocycles. The van der Waals surface area contributed by atoms with Gasteiger partial charge in [0.25, 0.3) is 0 Å². The molecule has 1 aromatic rings. The number of carboxylic acid groups (broad SMARTS) is 2. The van der Waals surface area contributed by atoms with E-state index in [4.69, 9.17) is 0 Å². The Morgan fingerprint density at radius 3 is 2.33 bits per heavy atom. The van der Waals surface area contributed by atoms with E-state index in [-0.39, 0.29) is 32.0 Å². The molecule has 15 heteroatoms. The number of nitrogens with zero attached hydrogens (tertiary/aromatic N) is 4. The number of carbonyl (C=O) groups excluding carboxylic acids is 4. The average molecular weight is 550 g/mol. The minimum atomic E-state index is -1.48. The normalized spacial score (nSPS) is 20.4. The number of rotatable bonds is 12. The van der Waals surface area contributed by atoms with Crippen molar-refractivity contribution in [3.05, 3.63) is 18.2 Å². The molecule has 0 spiro atoms. The summed E-state index contributed by atoms with van der Waals surface area (Å²) >= 11 is 0. The number of likely N-dealkylation sites (tertiary alicyclic amines) is 2. The molecular formula is C24H35N7O8. The second kappa shape index (κ2) is 13.2. The first kappa shape index (κ1) is 29.5. The van der Waals surface area contributed by atoms with Gasteiger partial charge in [-0.3, -0.25) is 24.0 Å². The van der Waals surface area contributed by atoms with E-state index in [1.165, 1.54) is 23.2 Å². The van der Waals surface area contributed by atoms with E-state index >= 15 is 0 Å². The number of likely N-dealkylation sites (N-methyl/N-ethyl adjacent to an activating group) is 2. The quantitative estimate of drug-likeness (QED) is 0.194. The van der Waals surface area contributed by atoms with Crippen molar-refractivity contribution in [1.29, 1.82) is 0 Å². The molecule has 39 heavy (non-hydrogen) atoms. The number of hydrogen-bond donors (Lipinski definition) is 5. The Hall–Kier alpha value is -4.01. The molecule has 0 radical (unpaired) electrons. The van der Waals surface area contributed by atoms with Crippen molar-refractivity contribution >= 4 is 35.6 Å². The van der Waals surface area contributed by atoms with Crippen LogP contribution >= 0.6 is 0 Å². The van der Waals surface area contributed by atoms with Crippen LogP contribution in [0, 0.1) is 0 Å². The van der Waals surface area contributed by atoms with E-state index in [0.717, 1.165) is 4.90 Å². The summed E-state index contributed by atoms with van der Waals surface area (Å²) in [5.41, 5.74) is 0.674. The fourth-order valence-electron chi connectivity index (χ4n) is 5.03. The molecular weight excluding hydrogens is 514 g/mol. The van der Waals surface area contributed by atoms with Gasteiger partial charge < -0.3 is 40.5 Å². The van der Waals surface area contributed by atoms with Crippen LogP contribution in [0.15, 0.2) is 12.5 Å². The Balaban J connectivity index is 1.64. The first-order chi connectivity index (χ1) is 18.5. The van der Waals surface area contributed by atoms with E-state index in [0.29, 0.717) is 31.4 Å². The highest BCUT2D eigenvalue weighted by Crippen LogP contribution is 2.21. The van der Waals surface area contributed by atoms with E-state index in [1.807, 2.05) is 0 Å². The van der Waals surface area contributed by atoms with Crippen molar-refractivity contribution in [1.82, 2.24) is 35.3 Å². The van der Waals surface area contributed by atoms with E-state index in [2.05, 4.69) is 20.6 Å². The maximum Gasteiger partial charge on any atom is 0.326 e. The molecule has 5 N–H and O–H groups in total. The molecule has 0 aromatic carbocycles. The second-order valence-electron chi connectivity index (χ2n) is 9.73. The van der Waals surface area contributed by atoms with Gasteiger partial charge in [-0.05, 0) is 32.7 Å². The molecule has 2 aliphatic heterocycles. The first-order valence-corrected chi connectivity index (χ1v) is 12.8. The number of amides is 4. The number of carboxylic acids is 2. The summed E-state index contributed by atoms with van der Waals surface area (Å²) in [6, 6.07) is -4.14. The number of hydrogen-bond acceptors (Lipinski definition) is 8. The lowest BCUT2D eigenvalue weighted by Crippen LogP contribution is -2.56. The third kappa shape index (κ3) is 7.31. The molecule has 0 bridgehead atoms. The van der Waals surface area contributed by atoms with Crippen LogP contribution in [0.25, 0.3) is 0 Å². The van der Waals surface area contributed by atoms with Crippen LogP contribution < -0.4 is 10.6 Å². The van der Waals surface area contributed by atoms with Gasteiger partial charge in [-0.1, -0.05) is 0 Å². The standard InChI is InChI=1S/C24H35N7O8/c1-25-15(9-14-11-26-13-27-14)22(36)29(2)12-19(32)30-7-3-5-17(30)21(35)28-16(10-20(33)34)23(37)31-8-4-6-18(31)24(38)39/h11,13,15-18,25H,3-10,12H2,1-2H3,(H,26,27)(H,28,35)(H,33,34)(H,38,39)/t15-,16-,17-,18-/m0/s1. The highest BCUT2D eigenvalue weighted by molar-refractivity contribution is 5.96. The number of aliphatic carboxylic acids is 2. The number of aromatic nitrogens is 2. The van der Waals surface area contributed by atoms with E-state index < -0.39 is 60.2 Å². The minimum Gasteiger partial charge on any atom is -0.481 e. The van der Waals surface area contributed by atoms with Crippen LogP contribution in [0.4, 0.5) is 0 Å². The van der Waals surface area contributed by atoms with Crippen LogP contribution in [0.1, 0.15) is 37.8 Å². The van der Waals surface area contributed by atoms with Crippen LogP contribution in [0.5, 0.6) is 0 Å². The molecule has 2 aliphatic rings. The van der Waals surface area contributed by atoms with Gasteiger partial charge in [0.05, 0.1) is 31.0 Å². The topological polar surface area (TPSA) is 205 Å². The van der Waals surface area contributed by atoms with Gasteiger partial charge in [-0.25, -0.2) is 9.78 Å². The Labute approximate surface area is 224 Å². The molecule has 0 unspecified atom stereocenters. The van der Waals surface area contributed by atoms with Gasteiger partial charge in [0.15, 0.2) is 0 Å². The smallest absolute Gasteiger partial charge is 0.326 e. The van der Waals surface area contributed by atoms with Crippen LogP contribution in [-0.2, 0) is 35.2 Å². The highest BCUT2D eigenvalue weighted by Gasteiger charge is 2.41. The van der Waals surface area contributed by atoms with E-state index in [9.17, 15) is 39.0 Å². The average Bonchev–Trinajstić information content (AvgIpc) is 3.67. The van der Waals surface area contributed by atoms with Crippen molar-refractivity contribution in [2.45, 2.75) is 62.7 Å². The minimum absolute atomic E-state index is 0.143. The number of aromatic amines is 1. The maximum atomic E-state index is 13.2. The number of imidazole rings is 1. The number of nitrogens with one attached hydrogen (secondary N) is 3. The molecule has 4 atom stereocenters. The molecule has 15 nitrogen and oxygen atoms in total. The third-order valence-corrected chi connectivity index (χ3v) is 7.05. The summed E-state index contributed by atoms with van der Waals surface area (Å²) in [4.78, 5) is 85.8. The lowest BCUT2D eigenvalue weighted by atomic mass is 10.1. The predicted octanol–water partition coefficient (Wildman–Crippen LogP) is -1.98. The zero-order chi connectivity index (χ0) is 28.7. The largest absolute Gasteiger partial charge is 0.481 e. The lowest BCUT2D eigenvalue weighted by Gasteiger charge is -2.30. The van der Waals surface area contributed by atoms with Crippen LogP contribution in [0.3, 0.4) is 0 Å². The Bertz CT molecular complexity index is 1080. The zero-order valence-electron chi connectivity index (χ0n) is 22.0. The molecule has 3 rings (SSSR count). The molecule has 1 aromatic heterocycles. The Morgan fingerprint density at radius 2 is 1.74 bits per heavy atom. The Morgan fingerprint density at radius 1 is 1.08 bits per heavy atom. The molecule has 0 aliphatic carbocycles. The van der Waals surface area contributed by atoms with Crippen molar-refractivity contribution < 1.29 is 39.0 Å². The summed E-state index contributed by atoms with van der Waals surface area (Å²) in [5.74, 6) is -4.83. The maximum absolute atomic E-state index is 13.2. The fraction of sp³-hybridized carbons (Fsp3) is 0.625. The van der Waals surface area contributed by atoms with Gasteiger partial charge in [-0.15, -0.1) is 0 Å². The molecule has 3 heterocycles. The monoisotopic (exact) mass is 549 g/mol. The number of H-pyrrole nitrogens is 1. The van der Waals surface area contributed by atoms with E-state index in [1.54, 1.807) is 13.2 Å². The van der Waals surface area contributed by atoms with Gasteiger partial charge >= 0.3 is 11.9 Å². The lowest BCUT2D eigenvalue weighted by molar-refractivity contribution is -0.151. The zero-order valence-corrected chi connectivity index (χ0v) is 22.0. The summed E-state index contributed by atoms with van der Waals surface area (Å²) in [6.45, 7) is 0.114. The predicted molar refractivity (Wildman–Crippen MR) is 134 cm³/mol. The van der Waals surface area contributed by atoms with Gasteiger partial charge in [0, 0.05) is 32.8 Å². The molecule has 4 amide bonds. The molecule has 2 saturated heterocycles.